The van der Waals surface area contributed by atoms with Gasteiger partial charge in [-0.25, -0.2) is 4.79 Å². The fourth-order valence-electron chi connectivity index (χ4n) is 7.60. The first kappa shape index (κ1) is 19.1. The van der Waals surface area contributed by atoms with Crippen LogP contribution in [0, 0.1) is 16.7 Å². The van der Waals surface area contributed by atoms with Gasteiger partial charge in [0.05, 0.1) is 11.0 Å². The minimum Gasteiger partial charge on any atom is -1.00 e. The average Bonchev–Trinajstić information content (AvgIpc) is 2.74. The molecule has 4 aliphatic carbocycles. The van der Waals surface area contributed by atoms with E-state index in [9.17, 15) is 4.79 Å². The van der Waals surface area contributed by atoms with Gasteiger partial charge in [0.1, 0.15) is 0 Å². The van der Waals surface area contributed by atoms with Crippen molar-refractivity contribution >= 4 is 11.0 Å². The first-order valence-electron chi connectivity index (χ1n) is 10.1. The smallest absolute Gasteiger partial charge is 0.328 e. The van der Waals surface area contributed by atoms with E-state index in [-0.39, 0.29) is 18.1 Å². The van der Waals surface area contributed by atoms with Gasteiger partial charge in [0.25, 0.3) is 0 Å². The van der Waals surface area contributed by atoms with Crippen LogP contribution in [-0.4, -0.2) is 14.7 Å². The quantitative estimate of drug-likeness (QED) is 0.841. The Morgan fingerprint density at radius 2 is 1.63 bits per heavy atom. The molecule has 4 fully saturated rings. The second-order valence-electron chi connectivity index (χ2n) is 10.5. The number of imidazole rings is 1. The van der Waals surface area contributed by atoms with Gasteiger partial charge in [-0.2, -0.15) is 0 Å². The molecule has 27 heavy (non-hydrogen) atoms. The molecule has 4 aliphatic rings. The molecule has 5 heteroatoms. The topological polar surface area (TPSA) is 39.0 Å². The minimum absolute atomic E-state index is 0. The number of nitrogens with zero attached hydrogens (tertiary/aromatic N) is 2. The van der Waals surface area contributed by atoms with Gasteiger partial charge >= 0.3 is 5.69 Å². The van der Waals surface area contributed by atoms with Crippen molar-refractivity contribution in [2.45, 2.75) is 64.5 Å². The van der Waals surface area contributed by atoms with Crippen LogP contribution in [0.5, 0.6) is 0 Å². The van der Waals surface area contributed by atoms with Crippen molar-refractivity contribution in [2.75, 3.05) is 0 Å². The number of hydrogen-bond donors (Lipinski definition) is 1. The Morgan fingerprint density at radius 3 is 2.26 bits per heavy atom. The second kappa shape index (κ2) is 5.87. The summed E-state index contributed by atoms with van der Waals surface area (Å²) in [4.78, 5) is 12.2. The first-order valence-corrected chi connectivity index (χ1v) is 10.1. The summed E-state index contributed by atoms with van der Waals surface area (Å²) in [5.74, 6) is 0.908. The summed E-state index contributed by atoms with van der Waals surface area (Å²) in [5.41, 5.74) is 4.76. The molecule has 6 rings (SSSR count). The monoisotopic (exact) mass is 388 g/mol. The molecule has 148 valence electrons. The summed E-state index contributed by atoms with van der Waals surface area (Å²) in [5, 5.41) is 4.01. The fourth-order valence-corrected chi connectivity index (χ4v) is 7.60. The summed E-state index contributed by atoms with van der Waals surface area (Å²) >= 11 is 0. The molecule has 4 nitrogen and oxygen atoms in total. The maximum absolute atomic E-state index is 12.2. The van der Waals surface area contributed by atoms with E-state index >= 15 is 0 Å². The zero-order valence-electron chi connectivity index (χ0n) is 16.9. The van der Waals surface area contributed by atoms with Crippen LogP contribution in [0.25, 0.3) is 11.0 Å². The molecule has 1 N–H and O–H groups in total. The van der Waals surface area contributed by atoms with Crippen LogP contribution in [0.2, 0.25) is 0 Å². The lowest BCUT2D eigenvalue weighted by Gasteiger charge is -2.65. The third-order valence-electron chi connectivity index (χ3n) is 7.63. The molecular formula is C22H31ClN3O-. The third-order valence-corrected chi connectivity index (χ3v) is 7.63. The molecule has 2 unspecified atom stereocenters. The van der Waals surface area contributed by atoms with E-state index in [0.29, 0.717) is 16.4 Å². The standard InChI is InChI=1S/C22H31N3O.ClH/c1-20-8-16-9-21(2,12-20)14-22(10-16,13-20)23-11-15-5-6-17-18(7-15)25(4)19(26)24(17)3;/h5-7,16,23H,8-14H2,1-4H3;1H/p-1. The van der Waals surface area contributed by atoms with Gasteiger partial charge in [0.2, 0.25) is 0 Å². The van der Waals surface area contributed by atoms with Crippen LogP contribution >= 0.6 is 0 Å². The van der Waals surface area contributed by atoms with Gasteiger partial charge in [-0.3, -0.25) is 9.13 Å². The molecule has 0 amide bonds. The van der Waals surface area contributed by atoms with Crippen LogP contribution in [-0.2, 0) is 20.6 Å². The van der Waals surface area contributed by atoms with Crippen LogP contribution in [0.3, 0.4) is 0 Å². The summed E-state index contributed by atoms with van der Waals surface area (Å²) in [6.07, 6.45) is 8.30. The molecule has 4 bridgehead atoms. The number of fused-ring (bicyclic) bond motifs is 1. The number of halogens is 1. The average molecular weight is 389 g/mol. The molecule has 1 heterocycles. The maximum Gasteiger partial charge on any atom is 0.328 e. The van der Waals surface area contributed by atoms with Crippen molar-refractivity contribution in [3.8, 4) is 0 Å². The highest BCUT2D eigenvalue weighted by molar-refractivity contribution is 5.76. The Balaban J connectivity index is 0.00000180. The van der Waals surface area contributed by atoms with Crippen LogP contribution in [0.15, 0.2) is 23.0 Å². The van der Waals surface area contributed by atoms with Crippen LogP contribution < -0.4 is 23.4 Å². The molecular weight excluding hydrogens is 358 g/mol. The van der Waals surface area contributed by atoms with Gasteiger partial charge in [0, 0.05) is 26.2 Å². The second-order valence-corrected chi connectivity index (χ2v) is 10.5. The Labute approximate surface area is 167 Å². The van der Waals surface area contributed by atoms with Crippen molar-refractivity contribution in [3.63, 3.8) is 0 Å². The van der Waals surface area contributed by atoms with Crippen LogP contribution in [0.1, 0.15) is 57.9 Å². The minimum atomic E-state index is 0. The number of aromatic nitrogens is 2. The van der Waals surface area contributed by atoms with Crippen molar-refractivity contribution in [2.24, 2.45) is 30.8 Å². The van der Waals surface area contributed by atoms with E-state index in [2.05, 4.69) is 37.4 Å². The SMILES string of the molecule is Cn1c(=O)n(C)c2cc(CNC34CC5CC(C)(CC(C)(C5)C3)C4)ccc21.[Cl-]. The summed E-state index contributed by atoms with van der Waals surface area (Å²) < 4.78 is 3.49. The van der Waals surface area contributed by atoms with Gasteiger partial charge in [-0.1, -0.05) is 19.9 Å². The fraction of sp³-hybridized carbons (Fsp3) is 0.682. The largest absolute Gasteiger partial charge is 1.00 e. The Hall–Kier alpha value is -1.26. The molecule has 0 radical (unpaired) electrons. The van der Waals surface area contributed by atoms with Gasteiger partial charge in [0.15, 0.2) is 0 Å². The lowest BCUT2D eigenvalue weighted by Crippen LogP contribution is -3.00. The molecule has 0 spiro atoms. The maximum atomic E-state index is 12.2. The first-order chi connectivity index (χ1) is 12.2. The predicted octanol–water partition coefficient (Wildman–Crippen LogP) is 0.720. The van der Waals surface area contributed by atoms with Crippen molar-refractivity contribution < 1.29 is 12.4 Å². The lowest BCUT2D eigenvalue weighted by atomic mass is 9.43. The summed E-state index contributed by atoms with van der Waals surface area (Å²) in [6.45, 7) is 5.95. The molecule has 2 atom stereocenters. The van der Waals surface area contributed by atoms with Gasteiger partial charge in [-0.15, -0.1) is 0 Å². The Morgan fingerprint density at radius 1 is 1.00 bits per heavy atom. The van der Waals surface area contributed by atoms with E-state index in [1.54, 1.807) is 9.13 Å². The lowest BCUT2D eigenvalue weighted by molar-refractivity contribution is -0.118. The van der Waals surface area contributed by atoms with Gasteiger partial charge < -0.3 is 17.7 Å². The Bertz CT molecular complexity index is 940. The van der Waals surface area contributed by atoms with Crippen molar-refractivity contribution in [1.82, 2.24) is 14.5 Å². The van der Waals surface area contributed by atoms with E-state index in [0.717, 1.165) is 23.5 Å². The highest BCUT2D eigenvalue weighted by Gasteiger charge is 2.59. The summed E-state index contributed by atoms with van der Waals surface area (Å²) in [6, 6.07) is 6.46. The number of aryl methyl sites for hydroxylation is 2. The summed E-state index contributed by atoms with van der Waals surface area (Å²) in [7, 11) is 3.71. The van der Waals surface area contributed by atoms with E-state index in [1.165, 1.54) is 44.1 Å². The molecule has 1 aromatic heterocycles. The molecule has 0 saturated heterocycles. The normalized spacial score (nSPS) is 37.0. The van der Waals surface area contributed by atoms with E-state index < -0.39 is 0 Å². The molecule has 0 aliphatic heterocycles. The van der Waals surface area contributed by atoms with E-state index in [4.69, 9.17) is 0 Å². The number of nitrogens with one attached hydrogen (secondary N) is 1. The molecule has 2 aromatic rings. The predicted molar refractivity (Wildman–Crippen MR) is 105 cm³/mol. The third kappa shape index (κ3) is 2.87. The van der Waals surface area contributed by atoms with Crippen molar-refractivity contribution in [3.05, 3.63) is 34.2 Å². The van der Waals surface area contributed by atoms with E-state index in [1.807, 2.05) is 14.1 Å². The zero-order valence-corrected chi connectivity index (χ0v) is 17.7. The number of hydrogen-bond acceptors (Lipinski definition) is 2. The zero-order chi connectivity index (χ0) is 18.3. The molecule has 1 aromatic carbocycles. The van der Waals surface area contributed by atoms with Crippen molar-refractivity contribution in [1.29, 1.82) is 0 Å². The highest BCUT2D eigenvalue weighted by Crippen LogP contribution is 2.66. The number of benzene rings is 1. The van der Waals surface area contributed by atoms with Crippen LogP contribution in [0.4, 0.5) is 0 Å². The van der Waals surface area contributed by atoms with Gasteiger partial charge in [-0.05, 0) is 73.0 Å². The molecule has 4 saturated carbocycles. The number of rotatable bonds is 3. The highest BCUT2D eigenvalue weighted by atomic mass is 35.5. The Kier molecular flexibility index (Phi) is 4.15.